The molecular weight excluding hydrogens is 318 g/mol. The zero-order valence-corrected chi connectivity index (χ0v) is 12.7. The molecule has 8 heteroatoms. The van der Waals surface area contributed by atoms with Gasteiger partial charge < -0.3 is 4.74 Å². The quantitative estimate of drug-likeness (QED) is 0.563. The number of halogens is 2. The normalized spacial score (nSPS) is 23.0. The van der Waals surface area contributed by atoms with Crippen LogP contribution >= 0.6 is 0 Å². The van der Waals surface area contributed by atoms with E-state index in [0.717, 1.165) is 6.92 Å². The highest BCUT2D eigenvalue weighted by atomic mass is 32.2. The minimum Gasteiger partial charge on any atom is -0.465 e. The van der Waals surface area contributed by atoms with Gasteiger partial charge in [0.15, 0.2) is 0 Å². The maximum absolute atomic E-state index is 13.4. The summed E-state index contributed by atoms with van der Waals surface area (Å²) in [4.78, 5) is 10.6. The Kier molecular flexibility index (Phi) is 4.81. The van der Waals surface area contributed by atoms with Gasteiger partial charge in [-0.15, -0.1) is 0 Å². The third kappa shape index (κ3) is 4.23. The van der Waals surface area contributed by atoms with E-state index in [1.54, 1.807) is 30.3 Å². The van der Waals surface area contributed by atoms with Crippen LogP contribution in [-0.2, 0) is 29.6 Å². The molecule has 1 aliphatic rings. The highest BCUT2D eigenvalue weighted by molar-refractivity contribution is 7.85. The molecule has 0 radical (unpaired) electrons. The number of rotatable bonds is 7. The smallest absolute Gasteiger partial charge is 0.302 e. The molecule has 2 rings (SSSR count). The molecule has 2 atom stereocenters. The fourth-order valence-corrected chi connectivity index (χ4v) is 3.16. The van der Waals surface area contributed by atoms with Crippen LogP contribution in [0.25, 0.3) is 0 Å². The molecule has 5 nitrogen and oxygen atoms in total. The van der Waals surface area contributed by atoms with Crippen molar-refractivity contribution in [3.8, 4) is 0 Å². The lowest BCUT2D eigenvalue weighted by molar-refractivity contribution is -0.142. The molecule has 1 saturated carbocycles. The van der Waals surface area contributed by atoms with Crippen molar-refractivity contribution in [3.63, 3.8) is 0 Å². The minimum absolute atomic E-state index is 0.374. The van der Waals surface area contributed by atoms with Gasteiger partial charge in [0, 0.05) is 6.92 Å². The van der Waals surface area contributed by atoms with E-state index in [4.69, 9.17) is 0 Å². The molecule has 0 amide bonds. The van der Waals surface area contributed by atoms with E-state index in [9.17, 15) is 22.0 Å². The minimum atomic E-state index is -3.94. The molecule has 1 fully saturated rings. The third-order valence-corrected chi connectivity index (χ3v) is 4.63. The first-order chi connectivity index (χ1) is 10.2. The van der Waals surface area contributed by atoms with Gasteiger partial charge in [0.25, 0.3) is 16.0 Å². The summed E-state index contributed by atoms with van der Waals surface area (Å²) in [6.07, 6.45) is 0. The van der Waals surface area contributed by atoms with Gasteiger partial charge in [0.05, 0.1) is 18.4 Å². The van der Waals surface area contributed by atoms with Crippen molar-refractivity contribution >= 4 is 16.1 Å². The van der Waals surface area contributed by atoms with Crippen molar-refractivity contribution in [2.75, 3.05) is 13.2 Å². The topological polar surface area (TPSA) is 69.7 Å². The molecule has 0 N–H and O–H groups in total. The van der Waals surface area contributed by atoms with Gasteiger partial charge in [-0.25, -0.2) is 8.78 Å². The Morgan fingerprint density at radius 3 is 2.36 bits per heavy atom. The van der Waals surface area contributed by atoms with Crippen molar-refractivity contribution in [1.82, 2.24) is 0 Å². The molecule has 0 saturated heterocycles. The molecule has 1 aromatic rings. The van der Waals surface area contributed by atoms with Crippen molar-refractivity contribution in [1.29, 1.82) is 0 Å². The summed E-state index contributed by atoms with van der Waals surface area (Å²) in [5.41, 5.74) is 0.515. The number of hydrogen-bond donors (Lipinski definition) is 0. The van der Waals surface area contributed by atoms with Crippen molar-refractivity contribution < 1.29 is 30.9 Å². The van der Waals surface area contributed by atoms with Crippen molar-refractivity contribution in [3.05, 3.63) is 35.9 Å². The van der Waals surface area contributed by atoms with Crippen molar-refractivity contribution in [2.45, 2.75) is 18.6 Å². The zero-order chi connectivity index (χ0) is 16.4. The van der Waals surface area contributed by atoms with Crippen LogP contribution in [0, 0.1) is 11.8 Å². The summed E-state index contributed by atoms with van der Waals surface area (Å²) < 4.78 is 59.6. The number of carbonyl (C=O) groups is 1. The van der Waals surface area contributed by atoms with Gasteiger partial charge in [-0.05, 0) is 5.56 Å². The number of benzene rings is 1. The molecule has 1 aliphatic carbocycles. The summed E-state index contributed by atoms with van der Waals surface area (Å²) in [6, 6.07) is 8.30. The zero-order valence-electron chi connectivity index (χ0n) is 11.9. The lowest BCUT2D eigenvalue weighted by Crippen LogP contribution is -2.13. The second kappa shape index (κ2) is 6.29. The lowest BCUT2D eigenvalue weighted by Gasteiger charge is -2.05. The Morgan fingerprint density at radius 1 is 1.18 bits per heavy atom. The fourth-order valence-electron chi connectivity index (χ4n) is 2.12. The molecule has 0 heterocycles. The number of esters is 1. The van der Waals surface area contributed by atoms with Crippen LogP contribution in [0.5, 0.6) is 0 Å². The van der Waals surface area contributed by atoms with E-state index in [-0.39, 0.29) is 5.75 Å². The maximum Gasteiger partial charge on any atom is 0.302 e. The molecule has 0 aromatic heterocycles. The van der Waals surface area contributed by atoms with Gasteiger partial charge in [-0.2, -0.15) is 8.42 Å². The first-order valence-electron chi connectivity index (χ1n) is 6.64. The van der Waals surface area contributed by atoms with Crippen LogP contribution in [0.2, 0.25) is 0 Å². The highest BCUT2D eigenvalue weighted by Crippen LogP contribution is 2.55. The van der Waals surface area contributed by atoms with E-state index in [1.165, 1.54) is 0 Å². The van der Waals surface area contributed by atoms with Crippen molar-refractivity contribution in [2.24, 2.45) is 11.8 Å². The van der Waals surface area contributed by atoms with E-state index >= 15 is 0 Å². The van der Waals surface area contributed by atoms with Crippen LogP contribution in [0.3, 0.4) is 0 Å². The summed E-state index contributed by atoms with van der Waals surface area (Å²) in [5.74, 6) is -6.54. The summed E-state index contributed by atoms with van der Waals surface area (Å²) >= 11 is 0. The SMILES string of the molecule is CC(=O)OC[C@@H]1[C@H](COS(=O)(=O)Cc2ccccc2)C1(F)F. The summed E-state index contributed by atoms with van der Waals surface area (Å²) in [6.45, 7) is 0.0690. The Balaban J connectivity index is 1.86. The van der Waals surface area contributed by atoms with E-state index < -0.39 is 47.1 Å². The monoisotopic (exact) mass is 334 g/mol. The number of alkyl halides is 2. The molecule has 0 bridgehead atoms. The largest absolute Gasteiger partial charge is 0.465 e. The van der Waals surface area contributed by atoms with Gasteiger partial charge in [-0.1, -0.05) is 30.3 Å². The Hall–Kier alpha value is -1.54. The first-order valence-corrected chi connectivity index (χ1v) is 8.22. The predicted octanol–water partition coefficient (Wildman–Crippen LogP) is 1.98. The predicted molar refractivity (Wildman–Crippen MR) is 73.6 cm³/mol. The average molecular weight is 334 g/mol. The molecular formula is C14H16F2O5S. The Bertz CT molecular complexity index is 630. The van der Waals surface area contributed by atoms with Gasteiger partial charge >= 0.3 is 5.97 Å². The number of ether oxygens (including phenoxy) is 1. The van der Waals surface area contributed by atoms with Crippen LogP contribution in [-0.4, -0.2) is 33.5 Å². The van der Waals surface area contributed by atoms with Crippen LogP contribution in [0.4, 0.5) is 8.78 Å². The van der Waals surface area contributed by atoms with E-state index in [2.05, 4.69) is 8.92 Å². The first kappa shape index (κ1) is 16.8. The maximum atomic E-state index is 13.4. The molecule has 0 spiro atoms. The molecule has 22 heavy (non-hydrogen) atoms. The summed E-state index contributed by atoms with van der Waals surface area (Å²) in [5, 5.41) is 0. The molecule has 1 aromatic carbocycles. The second-order valence-electron chi connectivity index (χ2n) is 5.16. The van der Waals surface area contributed by atoms with E-state index in [0.29, 0.717) is 5.56 Å². The van der Waals surface area contributed by atoms with Crippen LogP contribution in [0.1, 0.15) is 12.5 Å². The van der Waals surface area contributed by atoms with Crippen LogP contribution in [0.15, 0.2) is 30.3 Å². The number of hydrogen-bond acceptors (Lipinski definition) is 5. The average Bonchev–Trinajstić information content (AvgIpc) is 2.95. The van der Waals surface area contributed by atoms with Gasteiger partial charge in [0.2, 0.25) is 0 Å². The van der Waals surface area contributed by atoms with Gasteiger partial charge in [0.1, 0.15) is 12.4 Å². The number of carbonyl (C=O) groups excluding carboxylic acids is 1. The van der Waals surface area contributed by atoms with Gasteiger partial charge in [-0.3, -0.25) is 8.98 Å². The lowest BCUT2D eigenvalue weighted by atomic mass is 10.2. The highest BCUT2D eigenvalue weighted by Gasteiger charge is 2.68. The third-order valence-electron chi connectivity index (χ3n) is 3.44. The van der Waals surface area contributed by atoms with Crippen LogP contribution < -0.4 is 0 Å². The fraction of sp³-hybridized carbons (Fsp3) is 0.500. The Labute approximate surface area is 127 Å². The standard InChI is InChI=1S/C14H16F2O5S/c1-10(17)20-7-12-13(14(12,15)16)8-21-22(18,19)9-11-5-3-2-4-6-11/h2-6,12-13H,7-9H2,1H3/t12-,13+/m1/s1. The molecule has 0 aliphatic heterocycles. The molecule has 0 unspecified atom stereocenters. The second-order valence-corrected chi connectivity index (χ2v) is 6.80. The Morgan fingerprint density at radius 2 is 1.77 bits per heavy atom. The van der Waals surface area contributed by atoms with E-state index in [1.807, 2.05) is 0 Å². The summed E-state index contributed by atoms with van der Waals surface area (Å²) in [7, 11) is -3.94. The molecule has 122 valence electrons.